The second kappa shape index (κ2) is 7.58. The average molecular weight is 419 g/mol. The molecule has 2 heterocycles. The van der Waals surface area contributed by atoms with Gasteiger partial charge in [-0.3, -0.25) is 4.98 Å². The molecule has 6 nitrogen and oxygen atoms in total. The highest BCUT2D eigenvalue weighted by molar-refractivity contribution is 7.89. The molecule has 1 aliphatic rings. The first-order valence-corrected chi connectivity index (χ1v) is 10.6. The van der Waals surface area contributed by atoms with E-state index in [0.29, 0.717) is 24.5 Å². The molecule has 2 aromatic carbocycles. The molecule has 28 heavy (non-hydrogen) atoms. The molecule has 4 rings (SSSR count). The Balaban J connectivity index is 1.52. The zero-order valence-corrected chi connectivity index (χ0v) is 16.8. The average Bonchev–Trinajstić information content (AvgIpc) is 3.17. The maximum Gasteiger partial charge on any atom is 0.243 e. The van der Waals surface area contributed by atoms with Gasteiger partial charge in [-0.1, -0.05) is 29.8 Å². The number of rotatable bonds is 5. The van der Waals surface area contributed by atoms with Crippen molar-refractivity contribution < 1.29 is 17.9 Å². The van der Waals surface area contributed by atoms with Crippen LogP contribution in [0.3, 0.4) is 0 Å². The molecule has 1 aromatic heterocycles. The number of hydrogen-bond acceptors (Lipinski definition) is 5. The SMILES string of the molecule is COc1ccc(S(=O)(=O)N2CC[C@@H](Oc3cccc4cccnc34)C2)cc1Cl. The molecule has 146 valence electrons. The third-order valence-electron chi connectivity index (χ3n) is 4.76. The van der Waals surface area contributed by atoms with Crippen molar-refractivity contribution in [3.05, 3.63) is 59.8 Å². The van der Waals surface area contributed by atoms with E-state index in [2.05, 4.69) is 4.98 Å². The molecule has 0 N–H and O–H groups in total. The monoisotopic (exact) mass is 418 g/mol. The standard InChI is InChI=1S/C20H19ClN2O4S/c1-26-18-8-7-16(12-17(18)21)28(24,25)23-11-9-15(13-23)27-19-6-2-4-14-5-3-10-22-20(14)19/h2-8,10,12,15H,9,11,13H2,1H3/t15-/m1/s1. The van der Waals surface area contributed by atoms with Crippen molar-refractivity contribution in [3.8, 4) is 11.5 Å². The van der Waals surface area contributed by atoms with Crippen molar-refractivity contribution in [2.75, 3.05) is 20.2 Å². The number of pyridine rings is 1. The second-order valence-electron chi connectivity index (χ2n) is 6.52. The molecule has 0 bridgehead atoms. The van der Waals surface area contributed by atoms with Crippen molar-refractivity contribution in [1.29, 1.82) is 0 Å². The highest BCUT2D eigenvalue weighted by Gasteiger charge is 2.34. The van der Waals surface area contributed by atoms with E-state index in [0.717, 1.165) is 10.9 Å². The van der Waals surface area contributed by atoms with Crippen LogP contribution < -0.4 is 9.47 Å². The highest BCUT2D eigenvalue weighted by atomic mass is 35.5. The fourth-order valence-electron chi connectivity index (χ4n) is 3.32. The number of nitrogens with zero attached hydrogens (tertiary/aromatic N) is 2. The number of fused-ring (bicyclic) bond motifs is 1. The van der Waals surface area contributed by atoms with Crippen LogP contribution in [0, 0.1) is 0 Å². The number of ether oxygens (including phenoxy) is 2. The maximum absolute atomic E-state index is 13.0. The van der Waals surface area contributed by atoms with Gasteiger partial charge in [0.1, 0.15) is 23.1 Å². The molecule has 0 spiro atoms. The number of para-hydroxylation sites is 1. The van der Waals surface area contributed by atoms with Crippen LogP contribution >= 0.6 is 11.6 Å². The number of halogens is 1. The van der Waals surface area contributed by atoms with E-state index in [1.165, 1.54) is 23.5 Å². The van der Waals surface area contributed by atoms with Gasteiger partial charge in [-0.2, -0.15) is 4.31 Å². The lowest BCUT2D eigenvalue weighted by Crippen LogP contribution is -2.31. The van der Waals surface area contributed by atoms with Crippen molar-refractivity contribution in [2.45, 2.75) is 17.4 Å². The second-order valence-corrected chi connectivity index (χ2v) is 8.86. The molecule has 0 amide bonds. The van der Waals surface area contributed by atoms with Gasteiger partial charge in [0.05, 0.1) is 23.6 Å². The predicted octanol–water partition coefficient (Wildman–Crippen LogP) is 3.74. The quantitative estimate of drug-likeness (QED) is 0.631. The summed E-state index contributed by atoms with van der Waals surface area (Å²) in [6.45, 7) is 0.657. The molecular weight excluding hydrogens is 400 g/mol. The maximum atomic E-state index is 13.0. The van der Waals surface area contributed by atoms with E-state index in [-0.39, 0.29) is 22.6 Å². The summed E-state index contributed by atoms with van der Waals surface area (Å²) in [6.07, 6.45) is 2.08. The number of aromatic nitrogens is 1. The van der Waals surface area contributed by atoms with Gasteiger partial charge in [0.25, 0.3) is 0 Å². The molecule has 1 aliphatic heterocycles. The third-order valence-corrected chi connectivity index (χ3v) is 6.91. The van der Waals surface area contributed by atoms with Crippen LogP contribution in [0.4, 0.5) is 0 Å². The predicted molar refractivity (Wildman–Crippen MR) is 108 cm³/mol. The Morgan fingerprint density at radius 3 is 2.75 bits per heavy atom. The van der Waals surface area contributed by atoms with Crippen LogP contribution in [-0.4, -0.2) is 44.0 Å². The third kappa shape index (κ3) is 3.53. The summed E-state index contributed by atoms with van der Waals surface area (Å²) >= 11 is 6.09. The van der Waals surface area contributed by atoms with Gasteiger partial charge in [-0.25, -0.2) is 8.42 Å². The Morgan fingerprint density at radius 2 is 1.96 bits per heavy atom. The van der Waals surface area contributed by atoms with E-state index in [4.69, 9.17) is 21.1 Å². The number of benzene rings is 2. The Bertz CT molecular complexity index is 1110. The van der Waals surface area contributed by atoms with Gasteiger partial charge in [-0.05, 0) is 36.8 Å². The summed E-state index contributed by atoms with van der Waals surface area (Å²) in [4.78, 5) is 4.53. The summed E-state index contributed by atoms with van der Waals surface area (Å²) in [5, 5.41) is 1.24. The zero-order valence-electron chi connectivity index (χ0n) is 15.2. The minimum atomic E-state index is -3.66. The summed E-state index contributed by atoms with van der Waals surface area (Å²) in [7, 11) is -2.17. The van der Waals surface area contributed by atoms with Crippen LogP contribution in [0.5, 0.6) is 11.5 Å². The first kappa shape index (κ1) is 19.0. The fraction of sp³-hybridized carbons (Fsp3) is 0.250. The molecule has 1 fully saturated rings. The van der Waals surface area contributed by atoms with Crippen LogP contribution in [0.2, 0.25) is 5.02 Å². The lowest BCUT2D eigenvalue weighted by Gasteiger charge is -2.18. The Kier molecular flexibility index (Phi) is 5.14. The number of hydrogen-bond donors (Lipinski definition) is 0. The summed E-state index contributed by atoms with van der Waals surface area (Å²) < 4.78 is 38.5. The van der Waals surface area contributed by atoms with Gasteiger partial charge < -0.3 is 9.47 Å². The van der Waals surface area contributed by atoms with E-state index in [1.807, 2.05) is 30.3 Å². The van der Waals surface area contributed by atoms with Gasteiger partial charge in [0, 0.05) is 18.1 Å². The minimum Gasteiger partial charge on any atom is -0.495 e. The van der Waals surface area contributed by atoms with Gasteiger partial charge in [0.2, 0.25) is 10.0 Å². The number of sulfonamides is 1. The normalized spacial score (nSPS) is 17.7. The van der Waals surface area contributed by atoms with Crippen molar-refractivity contribution in [2.24, 2.45) is 0 Å². The van der Waals surface area contributed by atoms with Crippen molar-refractivity contribution >= 4 is 32.5 Å². The van der Waals surface area contributed by atoms with Crippen LogP contribution in [0.15, 0.2) is 59.6 Å². The fourth-order valence-corrected chi connectivity index (χ4v) is 5.16. The summed E-state index contributed by atoms with van der Waals surface area (Å²) in [6, 6.07) is 14.0. The first-order valence-electron chi connectivity index (χ1n) is 8.83. The molecule has 0 radical (unpaired) electrons. The topological polar surface area (TPSA) is 68.7 Å². The van der Waals surface area contributed by atoms with E-state index in [1.54, 1.807) is 12.3 Å². The van der Waals surface area contributed by atoms with E-state index < -0.39 is 10.0 Å². The molecule has 0 unspecified atom stereocenters. The molecule has 1 atom stereocenters. The van der Waals surface area contributed by atoms with E-state index in [9.17, 15) is 8.42 Å². The summed E-state index contributed by atoms with van der Waals surface area (Å²) in [5.74, 6) is 1.10. The molecule has 3 aromatic rings. The van der Waals surface area contributed by atoms with Crippen LogP contribution in [0.25, 0.3) is 10.9 Å². The smallest absolute Gasteiger partial charge is 0.243 e. The number of methoxy groups -OCH3 is 1. The Morgan fingerprint density at radius 1 is 1.14 bits per heavy atom. The molecule has 0 saturated carbocycles. The Labute approximate surface area is 168 Å². The minimum absolute atomic E-state index is 0.144. The van der Waals surface area contributed by atoms with Gasteiger partial charge >= 0.3 is 0 Å². The lowest BCUT2D eigenvalue weighted by atomic mass is 10.2. The first-order chi connectivity index (χ1) is 13.5. The Hall–Kier alpha value is -2.35. The van der Waals surface area contributed by atoms with Gasteiger partial charge in [0.15, 0.2) is 0 Å². The molecule has 8 heteroatoms. The lowest BCUT2D eigenvalue weighted by molar-refractivity contribution is 0.218. The van der Waals surface area contributed by atoms with Crippen molar-refractivity contribution in [1.82, 2.24) is 9.29 Å². The van der Waals surface area contributed by atoms with E-state index >= 15 is 0 Å². The van der Waals surface area contributed by atoms with Crippen LogP contribution in [-0.2, 0) is 10.0 Å². The largest absolute Gasteiger partial charge is 0.495 e. The molecular formula is C20H19ClN2O4S. The molecule has 0 aliphatic carbocycles. The summed E-state index contributed by atoms with van der Waals surface area (Å²) in [5.41, 5.74) is 0.772. The van der Waals surface area contributed by atoms with Crippen LogP contribution in [0.1, 0.15) is 6.42 Å². The molecule has 1 saturated heterocycles. The van der Waals surface area contributed by atoms with Gasteiger partial charge in [-0.15, -0.1) is 0 Å². The zero-order chi connectivity index (χ0) is 19.7. The highest BCUT2D eigenvalue weighted by Crippen LogP contribution is 2.31. The van der Waals surface area contributed by atoms with Crippen molar-refractivity contribution in [3.63, 3.8) is 0 Å².